The quantitative estimate of drug-likeness (QED) is 0.686. The predicted octanol–water partition coefficient (Wildman–Crippen LogP) is 2.13. The summed E-state index contributed by atoms with van der Waals surface area (Å²) in [6.07, 6.45) is 2.17. The molecule has 0 radical (unpaired) electrons. The molecular weight excluding hydrogens is 269 g/mol. The summed E-state index contributed by atoms with van der Waals surface area (Å²) >= 11 is 0. The third-order valence-corrected chi connectivity index (χ3v) is 3.65. The molecule has 21 heavy (non-hydrogen) atoms. The van der Waals surface area contributed by atoms with Gasteiger partial charge in [-0.25, -0.2) is 4.39 Å². The summed E-state index contributed by atoms with van der Waals surface area (Å²) < 4.78 is 13.7. The number of primary amides is 1. The van der Waals surface area contributed by atoms with Crippen molar-refractivity contribution in [2.24, 2.45) is 5.73 Å². The minimum Gasteiger partial charge on any atom is -0.366 e. The molecule has 118 valence electrons. The van der Waals surface area contributed by atoms with E-state index in [1.54, 1.807) is 12.1 Å². The molecule has 0 atom stereocenters. The largest absolute Gasteiger partial charge is 0.366 e. The molecule has 0 bridgehead atoms. The van der Waals surface area contributed by atoms with E-state index in [0.717, 1.165) is 25.9 Å². The maximum absolute atomic E-state index is 13.7. The number of amides is 1. The fourth-order valence-electron chi connectivity index (χ4n) is 1.94. The summed E-state index contributed by atoms with van der Waals surface area (Å²) in [6, 6.07) is 4.92. The van der Waals surface area contributed by atoms with Gasteiger partial charge in [-0.1, -0.05) is 6.07 Å². The van der Waals surface area contributed by atoms with Crippen LogP contribution >= 0.6 is 0 Å². The molecule has 0 aliphatic rings. The van der Waals surface area contributed by atoms with Gasteiger partial charge in [0.1, 0.15) is 5.82 Å². The summed E-state index contributed by atoms with van der Waals surface area (Å²) in [4.78, 5) is 13.2. The van der Waals surface area contributed by atoms with Crippen LogP contribution in [0.4, 0.5) is 4.39 Å². The number of benzene rings is 1. The smallest absolute Gasteiger partial charge is 0.248 e. The number of carbonyl (C=O) groups excluding carboxylic acids is 1. The van der Waals surface area contributed by atoms with Crippen LogP contribution in [0.5, 0.6) is 0 Å². The number of hydrogen-bond acceptors (Lipinski definition) is 3. The van der Waals surface area contributed by atoms with Crippen LogP contribution in [0.15, 0.2) is 18.2 Å². The lowest BCUT2D eigenvalue weighted by atomic mass is 10.1. The van der Waals surface area contributed by atoms with E-state index in [4.69, 9.17) is 5.73 Å². The van der Waals surface area contributed by atoms with Gasteiger partial charge in [0.25, 0.3) is 0 Å². The van der Waals surface area contributed by atoms with Gasteiger partial charge < -0.3 is 16.0 Å². The molecule has 0 spiro atoms. The number of hydrogen-bond donors (Lipinski definition) is 2. The Hall–Kier alpha value is -1.46. The number of unbranched alkanes of at least 4 members (excludes halogenated alkanes) is 1. The maximum atomic E-state index is 13.7. The van der Waals surface area contributed by atoms with Crippen LogP contribution in [0.3, 0.4) is 0 Å². The van der Waals surface area contributed by atoms with Gasteiger partial charge in [-0.2, -0.15) is 0 Å². The van der Waals surface area contributed by atoms with Crippen LogP contribution in [-0.4, -0.2) is 37.0 Å². The standard InChI is InChI=1S/C16H26FN3O/c1-12(2)20(3)9-5-4-8-19-11-14-7-6-13(16(18)21)10-15(14)17/h6-7,10,12,19H,4-5,8-9,11H2,1-3H3,(H2,18,21). The lowest BCUT2D eigenvalue weighted by Crippen LogP contribution is -2.27. The predicted molar refractivity (Wildman–Crippen MR) is 83.6 cm³/mol. The van der Waals surface area contributed by atoms with Crippen molar-refractivity contribution >= 4 is 5.91 Å². The van der Waals surface area contributed by atoms with Crippen molar-refractivity contribution in [1.29, 1.82) is 0 Å². The van der Waals surface area contributed by atoms with E-state index in [1.165, 1.54) is 6.07 Å². The minimum atomic E-state index is -0.609. The van der Waals surface area contributed by atoms with Gasteiger partial charge in [-0.3, -0.25) is 4.79 Å². The second-order valence-corrected chi connectivity index (χ2v) is 5.63. The maximum Gasteiger partial charge on any atom is 0.248 e. The lowest BCUT2D eigenvalue weighted by molar-refractivity contribution is 0.1000. The molecule has 0 heterocycles. The molecule has 0 aromatic heterocycles. The minimum absolute atomic E-state index is 0.202. The fourth-order valence-corrected chi connectivity index (χ4v) is 1.94. The highest BCUT2D eigenvalue weighted by Crippen LogP contribution is 2.10. The molecule has 3 N–H and O–H groups in total. The SMILES string of the molecule is CC(C)N(C)CCCCNCc1ccc(C(N)=O)cc1F. The van der Waals surface area contributed by atoms with Crippen molar-refractivity contribution in [2.75, 3.05) is 20.1 Å². The molecule has 0 aliphatic heterocycles. The van der Waals surface area contributed by atoms with E-state index in [1.807, 2.05) is 0 Å². The second-order valence-electron chi connectivity index (χ2n) is 5.63. The van der Waals surface area contributed by atoms with Crippen LogP contribution in [0, 0.1) is 5.82 Å². The van der Waals surface area contributed by atoms with E-state index >= 15 is 0 Å². The number of carbonyl (C=O) groups is 1. The highest BCUT2D eigenvalue weighted by Gasteiger charge is 2.06. The Balaban J connectivity index is 2.26. The summed E-state index contributed by atoms with van der Waals surface area (Å²) in [5, 5.41) is 3.22. The molecule has 0 fully saturated rings. The zero-order chi connectivity index (χ0) is 15.8. The first-order valence-electron chi connectivity index (χ1n) is 7.41. The van der Waals surface area contributed by atoms with Gasteiger partial charge in [-0.15, -0.1) is 0 Å². The van der Waals surface area contributed by atoms with Crippen LogP contribution in [0.1, 0.15) is 42.6 Å². The van der Waals surface area contributed by atoms with Gasteiger partial charge in [0.15, 0.2) is 0 Å². The Bertz CT molecular complexity index is 463. The number of nitrogens with zero attached hydrogens (tertiary/aromatic N) is 1. The van der Waals surface area contributed by atoms with Crippen molar-refractivity contribution < 1.29 is 9.18 Å². The molecule has 4 nitrogen and oxygen atoms in total. The van der Waals surface area contributed by atoms with Crippen LogP contribution in [0.2, 0.25) is 0 Å². The average Bonchev–Trinajstić information content (AvgIpc) is 2.43. The van der Waals surface area contributed by atoms with Crippen molar-refractivity contribution in [3.05, 3.63) is 35.1 Å². The lowest BCUT2D eigenvalue weighted by Gasteiger charge is -2.20. The molecule has 0 unspecified atom stereocenters. The first-order chi connectivity index (χ1) is 9.91. The zero-order valence-corrected chi connectivity index (χ0v) is 13.2. The highest BCUT2D eigenvalue weighted by atomic mass is 19.1. The van der Waals surface area contributed by atoms with Crippen LogP contribution < -0.4 is 11.1 Å². The van der Waals surface area contributed by atoms with Gasteiger partial charge in [0.05, 0.1) is 0 Å². The first-order valence-corrected chi connectivity index (χ1v) is 7.41. The molecule has 0 saturated heterocycles. The third kappa shape index (κ3) is 6.23. The topological polar surface area (TPSA) is 58.4 Å². The van der Waals surface area contributed by atoms with Crippen LogP contribution in [0.25, 0.3) is 0 Å². The fraction of sp³-hybridized carbons (Fsp3) is 0.562. The van der Waals surface area contributed by atoms with Gasteiger partial charge >= 0.3 is 0 Å². The van der Waals surface area contributed by atoms with E-state index in [9.17, 15) is 9.18 Å². The molecule has 1 amide bonds. The molecule has 1 aromatic carbocycles. The molecule has 1 rings (SSSR count). The Kier molecular flexibility index (Phi) is 7.32. The Morgan fingerprint density at radius 2 is 2.10 bits per heavy atom. The normalized spacial score (nSPS) is 11.3. The van der Waals surface area contributed by atoms with E-state index in [0.29, 0.717) is 18.2 Å². The molecule has 0 saturated carbocycles. The summed E-state index contributed by atoms with van der Waals surface area (Å²) in [7, 11) is 2.12. The van der Waals surface area contributed by atoms with E-state index < -0.39 is 11.7 Å². The summed E-state index contributed by atoms with van der Waals surface area (Å²) in [5.41, 5.74) is 5.86. The molecular formula is C16H26FN3O. The van der Waals surface area contributed by atoms with Crippen LogP contribution in [-0.2, 0) is 6.54 Å². The number of nitrogens with two attached hydrogens (primary N) is 1. The van der Waals surface area contributed by atoms with Gasteiger partial charge in [0, 0.05) is 23.7 Å². The Morgan fingerprint density at radius 3 is 2.67 bits per heavy atom. The number of rotatable bonds is 9. The van der Waals surface area contributed by atoms with Crippen molar-refractivity contribution in [3.63, 3.8) is 0 Å². The third-order valence-electron chi connectivity index (χ3n) is 3.65. The van der Waals surface area contributed by atoms with E-state index in [-0.39, 0.29) is 5.56 Å². The average molecular weight is 295 g/mol. The Labute approximate surface area is 126 Å². The summed E-state index contributed by atoms with van der Waals surface area (Å²) in [6.45, 7) is 6.74. The van der Waals surface area contributed by atoms with Gasteiger partial charge in [0.2, 0.25) is 5.91 Å². The summed E-state index contributed by atoms with van der Waals surface area (Å²) in [5.74, 6) is -0.999. The van der Waals surface area contributed by atoms with Gasteiger partial charge in [-0.05, 0) is 59.0 Å². The molecule has 1 aromatic rings. The molecule has 5 heteroatoms. The Morgan fingerprint density at radius 1 is 1.38 bits per heavy atom. The van der Waals surface area contributed by atoms with Crippen molar-refractivity contribution in [2.45, 2.75) is 39.3 Å². The number of halogens is 1. The highest BCUT2D eigenvalue weighted by molar-refractivity contribution is 5.92. The van der Waals surface area contributed by atoms with E-state index in [2.05, 4.69) is 31.1 Å². The van der Waals surface area contributed by atoms with Crippen molar-refractivity contribution in [1.82, 2.24) is 10.2 Å². The monoisotopic (exact) mass is 295 g/mol. The molecule has 0 aliphatic carbocycles. The second kappa shape index (κ2) is 8.74. The zero-order valence-electron chi connectivity index (χ0n) is 13.2. The van der Waals surface area contributed by atoms with Crippen molar-refractivity contribution in [3.8, 4) is 0 Å². The number of nitrogens with one attached hydrogen (secondary N) is 1. The first kappa shape index (κ1) is 17.6.